The summed E-state index contributed by atoms with van der Waals surface area (Å²) in [5.41, 5.74) is 0. The Labute approximate surface area is 69.9 Å². The molecule has 0 rings (SSSR count). The van der Waals surface area contributed by atoms with Crippen LogP contribution in [0.2, 0.25) is 0 Å². The molecule has 0 heterocycles. The van der Waals surface area contributed by atoms with Crippen molar-refractivity contribution < 1.29 is 14.6 Å². The maximum atomic E-state index is 10.5. The van der Waals surface area contributed by atoms with Crippen LogP contribution in [0.4, 0.5) is 0 Å². The van der Waals surface area contributed by atoms with Gasteiger partial charge in [0.05, 0.1) is 6.61 Å². The number of rotatable bonds is 3. The largest absolute Gasteiger partial charge is 0.460 e. The summed E-state index contributed by atoms with van der Waals surface area (Å²) in [5.74, 6) is -0.547. The number of thiol groups is 2. The summed E-state index contributed by atoms with van der Waals surface area (Å²) in [6, 6.07) is 0. The molecule has 0 aromatic carbocycles. The van der Waals surface area contributed by atoms with Gasteiger partial charge in [-0.25, -0.2) is 4.79 Å². The van der Waals surface area contributed by atoms with Crippen molar-refractivity contribution >= 4 is 31.2 Å². The monoisotopic (exact) mass is 180 g/mol. The van der Waals surface area contributed by atoms with Gasteiger partial charge in [0, 0.05) is 10.3 Å². The highest BCUT2D eigenvalue weighted by atomic mass is 32.2. The van der Waals surface area contributed by atoms with E-state index in [1.807, 2.05) is 0 Å². The van der Waals surface area contributed by atoms with E-state index < -0.39 is 5.97 Å². The van der Waals surface area contributed by atoms with Crippen LogP contribution in [0.15, 0.2) is 10.3 Å². The molecular formula is C5H8O3S2. The topological polar surface area (TPSA) is 46.5 Å². The van der Waals surface area contributed by atoms with Crippen molar-refractivity contribution in [2.45, 2.75) is 0 Å². The number of hydrogen-bond acceptors (Lipinski definition) is 5. The van der Waals surface area contributed by atoms with Crippen molar-refractivity contribution in [3.05, 3.63) is 10.3 Å². The van der Waals surface area contributed by atoms with Crippen LogP contribution in [0.3, 0.4) is 0 Å². The second-order valence-corrected chi connectivity index (χ2v) is 2.71. The molecule has 3 nitrogen and oxygen atoms in total. The molecule has 0 aliphatic heterocycles. The number of esters is 1. The SMILES string of the molecule is O=C(C=C(S)S)OCCO. The minimum Gasteiger partial charge on any atom is -0.460 e. The zero-order chi connectivity index (χ0) is 7.98. The Hall–Kier alpha value is -0.130. The van der Waals surface area contributed by atoms with Gasteiger partial charge >= 0.3 is 5.97 Å². The fourth-order valence-corrected chi connectivity index (χ4v) is 0.504. The first kappa shape index (κ1) is 9.87. The number of aliphatic hydroxyl groups is 1. The van der Waals surface area contributed by atoms with Crippen LogP contribution in [-0.4, -0.2) is 24.3 Å². The molecule has 0 aromatic rings. The average molecular weight is 180 g/mol. The summed E-state index contributed by atoms with van der Waals surface area (Å²) >= 11 is 7.44. The molecule has 1 N–H and O–H groups in total. The molecule has 5 heteroatoms. The smallest absolute Gasteiger partial charge is 0.332 e. The second-order valence-electron chi connectivity index (χ2n) is 1.39. The quantitative estimate of drug-likeness (QED) is 0.331. The highest BCUT2D eigenvalue weighted by Gasteiger charge is 1.95. The minimum absolute atomic E-state index is 0.00414. The van der Waals surface area contributed by atoms with E-state index >= 15 is 0 Å². The second kappa shape index (κ2) is 5.64. The van der Waals surface area contributed by atoms with Crippen molar-refractivity contribution in [3.63, 3.8) is 0 Å². The van der Waals surface area contributed by atoms with Gasteiger partial charge in [-0.15, -0.1) is 25.3 Å². The predicted octanol–water partition coefficient (Wildman–Crippen LogP) is 0.223. The molecule has 58 valence electrons. The van der Waals surface area contributed by atoms with E-state index in [0.717, 1.165) is 6.08 Å². The minimum atomic E-state index is -0.547. The molecule has 0 spiro atoms. The van der Waals surface area contributed by atoms with Gasteiger partial charge in [-0.05, 0) is 0 Å². The first-order chi connectivity index (χ1) is 4.66. The lowest BCUT2D eigenvalue weighted by Crippen LogP contribution is -2.05. The molecule has 0 aromatic heterocycles. The summed E-state index contributed by atoms with van der Waals surface area (Å²) in [4.78, 5) is 10.5. The summed E-state index contributed by atoms with van der Waals surface area (Å²) in [5, 5.41) is 8.21. The van der Waals surface area contributed by atoms with Crippen LogP contribution in [0, 0.1) is 0 Å². The van der Waals surface area contributed by atoms with E-state index in [2.05, 4.69) is 30.0 Å². The third-order valence-electron chi connectivity index (χ3n) is 0.583. The van der Waals surface area contributed by atoms with E-state index in [1.165, 1.54) is 0 Å². The number of carbonyl (C=O) groups excluding carboxylic acids is 1. The molecule has 0 bridgehead atoms. The van der Waals surface area contributed by atoms with E-state index in [9.17, 15) is 4.79 Å². The van der Waals surface area contributed by atoms with Gasteiger partial charge in [0.2, 0.25) is 0 Å². The van der Waals surface area contributed by atoms with Crippen LogP contribution in [0.1, 0.15) is 0 Å². The molecule has 0 radical (unpaired) electrons. The van der Waals surface area contributed by atoms with E-state index in [1.54, 1.807) is 0 Å². The molecular weight excluding hydrogens is 172 g/mol. The third-order valence-corrected chi connectivity index (χ3v) is 0.841. The maximum absolute atomic E-state index is 10.5. The van der Waals surface area contributed by atoms with Crippen LogP contribution >= 0.6 is 25.3 Å². The Morgan fingerprint density at radius 2 is 2.20 bits per heavy atom. The molecule has 0 saturated heterocycles. The molecule has 0 atom stereocenters. The number of aliphatic hydroxyl groups excluding tert-OH is 1. The van der Waals surface area contributed by atoms with Gasteiger partial charge in [-0.1, -0.05) is 0 Å². The van der Waals surface area contributed by atoms with E-state index in [0.29, 0.717) is 0 Å². The highest BCUT2D eigenvalue weighted by Crippen LogP contribution is 2.03. The van der Waals surface area contributed by atoms with Gasteiger partial charge in [-0.2, -0.15) is 0 Å². The van der Waals surface area contributed by atoms with Gasteiger partial charge in [0.25, 0.3) is 0 Å². The molecule has 0 aliphatic rings. The Morgan fingerprint density at radius 1 is 1.60 bits per heavy atom. The number of ether oxygens (including phenoxy) is 1. The molecule has 0 unspecified atom stereocenters. The standard InChI is InChI=1S/C5H8O3S2/c6-1-2-8-4(7)3-5(9)10/h3,6,9-10H,1-2H2. The fraction of sp³-hybridized carbons (Fsp3) is 0.400. The molecule has 0 saturated carbocycles. The van der Waals surface area contributed by atoms with Crippen molar-refractivity contribution in [2.75, 3.05) is 13.2 Å². The lowest BCUT2D eigenvalue weighted by Gasteiger charge is -1.96. The Morgan fingerprint density at radius 3 is 2.60 bits per heavy atom. The van der Waals surface area contributed by atoms with Crippen molar-refractivity contribution in [2.24, 2.45) is 0 Å². The lowest BCUT2D eigenvalue weighted by molar-refractivity contribution is -0.138. The van der Waals surface area contributed by atoms with Crippen LogP contribution < -0.4 is 0 Å². The maximum Gasteiger partial charge on any atom is 0.332 e. The zero-order valence-electron chi connectivity index (χ0n) is 5.15. The van der Waals surface area contributed by atoms with Crippen LogP contribution in [0.25, 0.3) is 0 Å². The van der Waals surface area contributed by atoms with Gasteiger partial charge in [0.1, 0.15) is 6.61 Å². The van der Waals surface area contributed by atoms with Gasteiger partial charge in [-0.3, -0.25) is 0 Å². The Balaban J connectivity index is 3.54. The number of hydrogen-bond donors (Lipinski definition) is 3. The predicted molar refractivity (Wildman–Crippen MR) is 44.1 cm³/mol. The molecule has 0 aliphatic carbocycles. The fourth-order valence-electron chi connectivity index (χ4n) is 0.293. The normalized spacial score (nSPS) is 8.70. The number of carbonyl (C=O) groups is 1. The van der Waals surface area contributed by atoms with Gasteiger partial charge < -0.3 is 9.84 Å². The third kappa shape index (κ3) is 6.00. The van der Waals surface area contributed by atoms with E-state index in [4.69, 9.17) is 5.11 Å². The summed E-state index contributed by atoms with van der Waals surface area (Å²) in [6.07, 6.45) is 1.11. The lowest BCUT2D eigenvalue weighted by atomic mass is 10.6. The summed E-state index contributed by atoms with van der Waals surface area (Å²) < 4.78 is 4.72. The molecule has 0 fully saturated rings. The van der Waals surface area contributed by atoms with Crippen LogP contribution in [-0.2, 0) is 9.53 Å². The Bertz CT molecular complexity index is 140. The molecule has 10 heavy (non-hydrogen) atoms. The molecule has 0 amide bonds. The highest BCUT2D eigenvalue weighted by molar-refractivity contribution is 8.05. The summed E-state index contributed by atoms with van der Waals surface area (Å²) in [6.45, 7) is -0.168. The first-order valence-electron chi connectivity index (χ1n) is 2.54. The first-order valence-corrected chi connectivity index (χ1v) is 3.43. The van der Waals surface area contributed by atoms with Crippen molar-refractivity contribution in [3.8, 4) is 0 Å². The Kier molecular flexibility index (Phi) is 5.57. The van der Waals surface area contributed by atoms with Crippen molar-refractivity contribution in [1.82, 2.24) is 0 Å². The zero-order valence-corrected chi connectivity index (χ0v) is 6.94. The van der Waals surface area contributed by atoms with E-state index in [-0.39, 0.29) is 17.5 Å². The average Bonchev–Trinajstić information content (AvgIpc) is 1.82. The van der Waals surface area contributed by atoms with Crippen LogP contribution in [0.5, 0.6) is 0 Å². The van der Waals surface area contributed by atoms with Crippen molar-refractivity contribution in [1.29, 1.82) is 0 Å². The summed E-state index contributed by atoms with van der Waals surface area (Å²) in [7, 11) is 0. The van der Waals surface area contributed by atoms with Gasteiger partial charge in [0.15, 0.2) is 0 Å².